The Kier molecular flexibility index (Phi) is 6.62. The van der Waals surface area contributed by atoms with Gasteiger partial charge in [-0.15, -0.1) is 11.3 Å². The maximum Gasteiger partial charge on any atom is 0.144 e. The molecule has 5 rings (SSSR count). The van der Waals surface area contributed by atoms with E-state index in [4.69, 9.17) is 9.72 Å². The third-order valence-corrected chi connectivity index (χ3v) is 9.63. The molecule has 0 amide bonds. The van der Waals surface area contributed by atoms with Crippen LogP contribution in [-0.2, 0) is 11.5 Å². The van der Waals surface area contributed by atoms with Gasteiger partial charge in [-0.25, -0.2) is 9.97 Å². The maximum absolute atomic E-state index is 6.13. The van der Waals surface area contributed by atoms with Crippen LogP contribution in [0, 0.1) is 0 Å². The van der Waals surface area contributed by atoms with Crippen LogP contribution in [0.15, 0.2) is 30.0 Å². The highest BCUT2D eigenvalue weighted by molar-refractivity contribution is 7.13. The molecule has 2 saturated heterocycles. The average Bonchev–Trinajstić information content (AvgIpc) is 3.45. The molecule has 1 N–H and O–H groups in total. The summed E-state index contributed by atoms with van der Waals surface area (Å²) in [5, 5.41) is 8.21. The van der Waals surface area contributed by atoms with Gasteiger partial charge in [-0.3, -0.25) is 0 Å². The van der Waals surface area contributed by atoms with Gasteiger partial charge in [-0.1, -0.05) is 26.1 Å². The topological polar surface area (TPSA) is 55.2 Å². The Labute approximate surface area is 202 Å². The zero-order valence-corrected chi connectivity index (χ0v) is 22.1. The van der Waals surface area contributed by atoms with E-state index < -0.39 is 8.07 Å². The largest absolute Gasteiger partial charge is 0.369 e. The Hall–Kier alpha value is -1.74. The molecule has 0 saturated carbocycles. The van der Waals surface area contributed by atoms with E-state index in [9.17, 15) is 0 Å². The van der Waals surface area contributed by atoms with Crippen molar-refractivity contribution in [1.82, 2.24) is 19.9 Å². The highest BCUT2D eigenvalue weighted by Gasteiger charge is 2.37. The molecule has 1 spiro atoms. The van der Waals surface area contributed by atoms with Gasteiger partial charge in [0.2, 0.25) is 0 Å². The minimum Gasteiger partial charge on any atom is -0.369 e. The van der Waals surface area contributed by atoms with Gasteiger partial charge in [0.25, 0.3) is 0 Å². The molecule has 0 bridgehead atoms. The van der Waals surface area contributed by atoms with Gasteiger partial charge in [0.15, 0.2) is 0 Å². The van der Waals surface area contributed by atoms with Gasteiger partial charge < -0.3 is 19.5 Å². The van der Waals surface area contributed by atoms with Crippen molar-refractivity contribution in [3.8, 4) is 10.6 Å². The van der Waals surface area contributed by atoms with Gasteiger partial charge >= 0.3 is 0 Å². The number of pyridine rings is 1. The second-order valence-electron chi connectivity index (χ2n) is 10.9. The number of hydrogen-bond acceptors (Lipinski definition) is 6. The molecule has 0 aliphatic carbocycles. The summed E-state index contributed by atoms with van der Waals surface area (Å²) in [4.78, 5) is 12.1. The van der Waals surface area contributed by atoms with Crippen molar-refractivity contribution in [2.75, 3.05) is 31.1 Å². The van der Waals surface area contributed by atoms with E-state index in [1.807, 2.05) is 12.4 Å². The van der Waals surface area contributed by atoms with Crippen molar-refractivity contribution in [3.05, 3.63) is 30.0 Å². The average molecular weight is 484 g/mol. The van der Waals surface area contributed by atoms with Gasteiger partial charge in [0, 0.05) is 62.8 Å². The molecular formula is C25H37N5OSSi. The van der Waals surface area contributed by atoms with E-state index in [1.54, 1.807) is 11.3 Å². The first-order chi connectivity index (χ1) is 15.9. The van der Waals surface area contributed by atoms with Crippen LogP contribution >= 0.6 is 11.3 Å². The molecule has 3 aromatic rings. The number of fused-ring (bicyclic) bond motifs is 1. The Bertz CT molecular complexity index is 1060. The smallest absolute Gasteiger partial charge is 0.144 e. The van der Waals surface area contributed by atoms with Gasteiger partial charge in [0.05, 0.1) is 11.1 Å². The van der Waals surface area contributed by atoms with E-state index in [1.165, 1.54) is 54.8 Å². The Morgan fingerprint density at radius 3 is 2.79 bits per heavy atom. The van der Waals surface area contributed by atoms with Crippen molar-refractivity contribution in [1.29, 1.82) is 0 Å². The lowest BCUT2D eigenvalue weighted by Gasteiger charge is -2.47. The van der Waals surface area contributed by atoms with Crippen LogP contribution in [0.4, 0.5) is 5.69 Å². The normalized spacial score (nSPS) is 21.8. The number of rotatable bonds is 7. The minimum atomic E-state index is -1.11. The van der Waals surface area contributed by atoms with Gasteiger partial charge in [-0.2, -0.15) is 0 Å². The number of nitrogens with one attached hydrogen (secondary N) is 1. The molecule has 2 aliphatic heterocycles. The Morgan fingerprint density at radius 2 is 2.03 bits per heavy atom. The molecule has 0 radical (unpaired) electrons. The van der Waals surface area contributed by atoms with Crippen LogP contribution in [0.1, 0.15) is 32.1 Å². The second-order valence-corrected chi connectivity index (χ2v) is 17.4. The summed E-state index contributed by atoms with van der Waals surface area (Å²) in [5.74, 6) is 0. The van der Waals surface area contributed by atoms with Crippen LogP contribution in [0.5, 0.6) is 0 Å². The summed E-state index contributed by atoms with van der Waals surface area (Å²) in [6, 6.07) is 3.38. The monoisotopic (exact) mass is 483 g/mol. The predicted octanol–water partition coefficient (Wildman–Crippen LogP) is 5.58. The molecule has 178 valence electrons. The number of ether oxygens (including phenoxy) is 1. The predicted molar refractivity (Wildman–Crippen MR) is 141 cm³/mol. The van der Waals surface area contributed by atoms with Gasteiger partial charge in [0.1, 0.15) is 17.4 Å². The lowest BCUT2D eigenvalue weighted by molar-refractivity contribution is 0.0899. The molecule has 2 aliphatic rings. The number of hydrogen-bond donors (Lipinski definition) is 1. The summed E-state index contributed by atoms with van der Waals surface area (Å²) in [6.45, 7) is 11.8. The molecule has 1 atom stereocenters. The van der Waals surface area contributed by atoms with E-state index >= 15 is 0 Å². The Morgan fingerprint density at radius 1 is 1.15 bits per heavy atom. The third kappa shape index (κ3) is 5.04. The molecule has 6 nitrogen and oxygen atoms in total. The zero-order chi connectivity index (χ0) is 22.9. The Balaban J connectivity index is 1.48. The number of piperidine rings is 2. The fourth-order valence-corrected chi connectivity index (χ4v) is 6.75. The number of nitrogens with zero attached hydrogens (tertiary/aromatic N) is 4. The van der Waals surface area contributed by atoms with Crippen molar-refractivity contribution < 1.29 is 4.74 Å². The van der Waals surface area contributed by atoms with E-state index in [2.05, 4.69) is 57.1 Å². The SMILES string of the molecule is C[Si](C)(C)CCOCn1cc(-c2nccs2)c2c(N3CCC[C@]4(CCCCN4)C3)ccnc21. The third-order valence-electron chi connectivity index (χ3n) is 7.12. The highest BCUT2D eigenvalue weighted by Crippen LogP contribution is 2.40. The summed E-state index contributed by atoms with van der Waals surface area (Å²) in [6.07, 6.45) is 12.5. The first-order valence-electron chi connectivity index (χ1n) is 12.4. The van der Waals surface area contributed by atoms with Crippen LogP contribution in [0.3, 0.4) is 0 Å². The van der Waals surface area contributed by atoms with E-state index in [0.717, 1.165) is 36.9 Å². The molecule has 33 heavy (non-hydrogen) atoms. The second kappa shape index (κ2) is 9.48. The zero-order valence-electron chi connectivity index (χ0n) is 20.3. The number of aromatic nitrogens is 3. The molecule has 0 unspecified atom stereocenters. The fourth-order valence-electron chi connectivity index (χ4n) is 5.34. The highest BCUT2D eigenvalue weighted by atomic mass is 32.1. The van der Waals surface area contributed by atoms with Crippen LogP contribution in [-0.4, -0.2) is 54.4 Å². The van der Waals surface area contributed by atoms with E-state index in [0.29, 0.717) is 6.73 Å². The van der Waals surface area contributed by atoms with Crippen LogP contribution < -0.4 is 10.2 Å². The quantitative estimate of drug-likeness (QED) is 0.351. The molecule has 0 aromatic carbocycles. The lowest BCUT2D eigenvalue weighted by atomic mass is 9.81. The lowest BCUT2D eigenvalue weighted by Crippen LogP contribution is -2.59. The number of anilines is 1. The molecule has 5 heterocycles. The summed E-state index contributed by atoms with van der Waals surface area (Å²) >= 11 is 1.69. The van der Waals surface area contributed by atoms with Crippen LogP contribution in [0.25, 0.3) is 21.6 Å². The van der Waals surface area contributed by atoms with Crippen molar-refractivity contribution in [3.63, 3.8) is 0 Å². The summed E-state index contributed by atoms with van der Waals surface area (Å²) < 4.78 is 8.31. The molecule has 8 heteroatoms. The minimum absolute atomic E-state index is 0.260. The fraction of sp³-hybridized carbons (Fsp3) is 0.600. The summed E-state index contributed by atoms with van der Waals surface area (Å²) in [5.41, 5.74) is 3.73. The first kappa shape index (κ1) is 23.0. The van der Waals surface area contributed by atoms with E-state index in [-0.39, 0.29) is 5.54 Å². The van der Waals surface area contributed by atoms with Crippen molar-refractivity contribution in [2.24, 2.45) is 0 Å². The van der Waals surface area contributed by atoms with Crippen molar-refractivity contribution >= 4 is 36.1 Å². The van der Waals surface area contributed by atoms with Gasteiger partial charge in [-0.05, 0) is 44.3 Å². The molecule has 2 fully saturated rings. The molecule has 3 aromatic heterocycles. The maximum atomic E-state index is 6.13. The van der Waals surface area contributed by atoms with Crippen molar-refractivity contribution in [2.45, 2.75) is 70.1 Å². The first-order valence-corrected chi connectivity index (χ1v) is 17.0. The summed E-state index contributed by atoms with van der Waals surface area (Å²) in [7, 11) is -1.11. The standard InChI is InChI=1S/C25H37N5OSSi/c1-33(2,3)16-14-31-19-30-17-20(24-27-12-15-32-24)22-21(7-11-26-23(22)30)29-13-6-9-25(18-29)8-4-5-10-28-25/h7,11-12,15,17,28H,4-6,8-10,13-14,16,18-19H2,1-3H3/t25-/m1/s1. The molecular weight excluding hydrogens is 446 g/mol. The van der Waals surface area contributed by atoms with Crippen LogP contribution in [0.2, 0.25) is 25.7 Å². The number of thiazole rings is 1.